The van der Waals surface area contributed by atoms with E-state index >= 15 is 0 Å². The zero-order valence-electron chi connectivity index (χ0n) is 13.3. The second-order valence-electron chi connectivity index (χ2n) is 6.03. The third-order valence-corrected chi connectivity index (χ3v) is 3.49. The summed E-state index contributed by atoms with van der Waals surface area (Å²) in [5.74, 6) is 0.600. The highest BCUT2D eigenvalue weighted by Gasteiger charge is 2.34. The van der Waals surface area contributed by atoms with Crippen LogP contribution < -0.4 is 15.8 Å². The van der Waals surface area contributed by atoms with E-state index in [-0.39, 0.29) is 24.2 Å². The number of fused-ring (bicyclic) bond motifs is 1. The molecule has 1 heterocycles. The van der Waals surface area contributed by atoms with E-state index in [1.165, 1.54) is 0 Å². The van der Waals surface area contributed by atoms with E-state index in [0.717, 1.165) is 11.3 Å². The first-order chi connectivity index (χ1) is 10.4. The Kier molecular flexibility index (Phi) is 5.26. The number of hydrogen-bond donors (Lipinski definition) is 2. The van der Waals surface area contributed by atoms with Gasteiger partial charge in [0, 0.05) is 24.8 Å². The van der Waals surface area contributed by atoms with Crippen LogP contribution in [0.4, 0.5) is 5.69 Å². The van der Waals surface area contributed by atoms with E-state index in [0.29, 0.717) is 25.3 Å². The van der Waals surface area contributed by atoms with Gasteiger partial charge in [0.05, 0.1) is 19.3 Å². The molecule has 1 aromatic carbocycles. The number of anilines is 1. The fraction of sp³-hybridized carbons (Fsp3) is 0.562. The number of nitrogen functional groups attached to an aromatic ring is 1. The average Bonchev–Trinajstić information content (AvgIpc) is 2.43. The summed E-state index contributed by atoms with van der Waals surface area (Å²) in [4.78, 5) is 12.0. The van der Waals surface area contributed by atoms with Gasteiger partial charge in [-0.3, -0.25) is 4.79 Å². The Morgan fingerprint density at radius 2 is 2.23 bits per heavy atom. The van der Waals surface area contributed by atoms with Crippen LogP contribution in [0.2, 0.25) is 0 Å². The maximum Gasteiger partial charge on any atom is 0.246 e. The molecule has 6 heteroatoms. The van der Waals surface area contributed by atoms with Crippen molar-refractivity contribution in [3.8, 4) is 5.75 Å². The topological polar surface area (TPSA) is 82.8 Å². The predicted molar refractivity (Wildman–Crippen MR) is 83.8 cm³/mol. The largest absolute Gasteiger partial charge is 0.487 e. The van der Waals surface area contributed by atoms with Gasteiger partial charge in [-0.1, -0.05) is 0 Å². The smallest absolute Gasteiger partial charge is 0.246 e. The second-order valence-corrected chi connectivity index (χ2v) is 6.03. The van der Waals surface area contributed by atoms with Crippen molar-refractivity contribution in [3.63, 3.8) is 0 Å². The van der Waals surface area contributed by atoms with Crippen molar-refractivity contribution in [1.82, 2.24) is 5.32 Å². The van der Waals surface area contributed by atoms with Crippen molar-refractivity contribution in [1.29, 1.82) is 0 Å². The number of rotatable bonds is 6. The van der Waals surface area contributed by atoms with Crippen molar-refractivity contribution in [3.05, 3.63) is 23.8 Å². The second kappa shape index (κ2) is 6.98. The van der Waals surface area contributed by atoms with Crippen LogP contribution in [0.1, 0.15) is 31.9 Å². The van der Waals surface area contributed by atoms with E-state index in [9.17, 15) is 4.79 Å². The third kappa shape index (κ3) is 4.35. The molecule has 3 N–H and O–H groups in total. The monoisotopic (exact) mass is 308 g/mol. The Morgan fingerprint density at radius 3 is 2.95 bits per heavy atom. The number of methoxy groups -OCH3 is 1. The summed E-state index contributed by atoms with van der Waals surface area (Å²) in [6.07, 6.45) is 0.674. The molecule has 1 unspecified atom stereocenters. The van der Waals surface area contributed by atoms with Crippen LogP contribution in [0.5, 0.6) is 5.75 Å². The first kappa shape index (κ1) is 16.6. The number of ether oxygens (including phenoxy) is 3. The van der Waals surface area contributed by atoms with Gasteiger partial charge in [-0.25, -0.2) is 0 Å². The lowest BCUT2D eigenvalue weighted by atomic mass is 9.89. The first-order valence-corrected chi connectivity index (χ1v) is 7.36. The Hall–Kier alpha value is -1.79. The molecule has 2 rings (SSSR count). The Morgan fingerprint density at radius 1 is 1.45 bits per heavy atom. The van der Waals surface area contributed by atoms with Crippen molar-refractivity contribution in [2.24, 2.45) is 0 Å². The van der Waals surface area contributed by atoms with Gasteiger partial charge in [-0.2, -0.15) is 0 Å². The van der Waals surface area contributed by atoms with Crippen molar-refractivity contribution in [2.75, 3.05) is 32.7 Å². The van der Waals surface area contributed by atoms with Gasteiger partial charge in [0.1, 0.15) is 18.0 Å². The Labute approximate surface area is 130 Å². The normalized spacial score (nSPS) is 19.1. The fourth-order valence-electron chi connectivity index (χ4n) is 2.54. The van der Waals surface area contributed by atoms with Gasteiger partial charge in [0.25, 0.3) is 0 Å². The van der Waals surface area contributed by atoms with Crippen LogP contribution in [0.15, 0.2) is 18.2 Å². The molecule has 1 aliphatic rings. The number of carbonyl (C=O) groups is 1. The average molecular weight is 308 g/mol. The number of nitrogens with two attached hydrogens (primary N) is 1. The van der Waals surface area contributed by atoms with Gasteiger partial charge in [-0.15, -0.1) is 0 Å². The zero-order chi connectivity index (χ0) is 16.2. The number of carbonyl (C=O) groups excluding carboxylic acids is 1. The minimum absolute atomic E-state index is 0.0127. The molecule has 122 valence electrons. The minimum Gasteiger partial charge on any atom is -0.487 e. The molecule has 1 aromatic rings. The molecule has 0 spiro atoms. The molecule has 1 atom stereocenters. The summed E-state index contributed by atoms with van der Waals surface area (Å²) >= 11 is 0. The van der Waals surface area contributed by atoms with Crippen LogP contribution in [0.25, 0.3) is 0 Å². The minimum atomic E-state index is -0.349. The Bertz CT molecular complexity index is 531. The fourth-order valence-corrected chi connectivity index (χ4v) is 2.54. The van der Waals surface area contributed by atoms with Crippen LogP contribution >= 0.6 is 0 Å². The van der Waals surface area contributed by atoms with E-state index in [1.54, 1.807) is 13.2 Å². The first-order valence-electron chi connectivity index (χ1n) is 7.36. The highest BCUT2D eigenvalue weighted by molar-refractivity contribution is 5.78. The highest BCUT2D eigenvalue weighted by Crippen LogP contribution is 2.40. The lowest BCUT2D eigenvalue weighted by Gasteiger charge is -2.38. The maximum absolute atomic E-state index is 12.0. The van der Waals surface area contributed by atoms with Crippen LogP contribution in [-0.4, -0.2) is 38.4 Å². The summed E-state index contributed by atoms with van der Waals surface area (Å²) < 4.78 is 16.1. The highest BCUT2D eigenvalue weighted by atomic mass is 16.5. The van der Waals surface area contributed by atoms with E-state index in [4.69, 9.17) is 19.9 Å². The standard InChI is InChI=1S/C16H24N2O4/c1-16(2)9-13(18-15(19)10-21-7-6-20-3)12-8-11(17)4-5-14(12)22-16/h4-5,8,13H,6-7,9-10,17H2,1-3H3,(H,18,19). The van der Waals surface area contributed by atoms with E-state index in [1.807, 2.05) is 26.0 Å². The van der Waals surface area contributed by atoms with Crippen molar-refractivity contribution < 1.29 is 19.0 Å². The molecule has 1 amide bonds. The molecule has 0 saturated carbocycles. The quantitative estimate of drug-likeness (QED) is 0.617. The van der Waals surface area contributed by atoms with Gasteiger partial charge >= 0.3 is 0 Å². The molecule has 0 aliphatic carbocycles. The summed E-state index contributed by atoms with van der Waals surface area (Å²) in [6, 6.07) is 5.36. The number of amides is 1. The summed E-state index contributed by atoms with van der Waals surface area (Å²) in [5, 5.41) is 2.99. The SMILES string of the molecule is COCCOCC(=O)NC1CC(C)(C)Oc2ccc(N)cc21. The maximum atomic E-state index is 12.0. The van der Waals surface area contributed by atoms with Gasteiger partial charge in [0.15, 0.2) is 0 Å². The number of benzene rings is 1. The molecular weight excluding hydrogens is 284 g/mol. The predicted octanol–water partition coefficient (Wildman–Crippen LogP) is 1.65. The van der Waals surface area contributed by atoms with Crippen LogP contribution in [-0.2, 0) is 14.3 Å². The van der Waals surface area contributed by atoms with Gasteiger partial charge in [-0.05, 0) is 32.0 Å². The van der Waals surface area contributed by atoms with Gasteiger partial charge in [0.2, 0.25) is 5.91 Å². The molecule has 22 heavy (non-hydrogen) atoms. The molecule has 6 nitrogen and oxygen atoms in total. The number of nitrogens with one attached hydrogen (secondary N) is 1. The summed E-state index contributed by atoms with van der Waals surface area (Å²) in [5.41, 5.74) is 7.06. The molecule has 0 fully saturated rings. The molecule has 0 aromatic heterocycles. The lowest BCUT2D eigenvalue weighted by molar-refractivity contribution is -0.127. The van der Waals surface area contributed by atoms with E-state index in [2.05, 4.69) is 5.32 Å². The van der Waals surface area contributed by atoms with Crippen LogP contribution in [0, 0.1) is 0 Å². The lowest BCUT2D eigenvalue weighted by Crippen LogP contribution is -2.42. The van der Waals surface area contributed by atoms with Crippen LogP contribution in [0.3, 0.4) is 0 Å². The molecule has 0 radical (unpaired) electrons. The molecule has 0 bridgehead atoms. The van der Waals surface area contributed by atoms with Gasteiger partial charge < -0.3 is 25.3 Å². The van der Waals surface area contributed by atoms with Crippen molar-refractivity contribution >= 4 is 11.6 Å². The van der Waals surface area contributed by atoms with E-state index < -0.39 is 0 Å². The van der Waals surface area contributed by atoms with Crippen molar-refractivity contribution in [2.45, 2.75) is 31.9 Å². The zero-order valence-corrected chi connectivity index (χ0v) is 13.3. The Balaban J connectivity index is 2.04. The third-order valence-electron chi connectivity index (χ3n) is 3.49. The molecule has 0 saturated heterocycles. The summed E-state index contributed by atoms with van der Waals surface area (Å²) in [6.45, 7) is 4.88. The summed E-state index contributed by atoms with van der Waals surface area (Å²) in [7, 11) is 1.59. The molecule has 1 aliphatic heterocycles. The number of hydrogen-bond acceptors (Lipinski definition) is 5. The molecular formula is C16H24N2O4.